The van der Waals surface area contributed by atoms with Crippen LogP contribution < -0.4 is 4.74 Å². The van der Waals surface area contributed by atoms with E-state index in [2.05, 4.69) is 27.9 Å². The topological polar surface area (TPSA) is 109 Å². The molecule has 1 aromatic heterocycles. The zero-order valence-electron chi connectivity index (χ0n) is 22.8. The lowest BCUT2D eigenvalue weighted by atomic mass is 10.0. The molecule has 0 aliphatic carbocycles. The summed E-state index contributed by atoms with van der Waals surface area (Å²) in [6.07, 6.45) is 2.37. The summed E-state index contributed by atoms with van der Waals surface area (Å²) in [5.41, 5.74) is 4.82. The van der Waals surface area contributed by atoms with E-state index in [1.54, 1.807) is 0 Å². The van der Waals surface area contributed by atoms with Gasteiger partial charge in [-0.2, -0.15) is 0 Å². The largest absolute Gasteiger partial charge is 0.513 e. The summed E-state index contributed by atoms with van der Waals surface area (Å²) in [5.74, 6) is -0.0628. The quantitative estimate of drug-likeness (QED) is 0.113. The number of nitrogens with one attached hydrogen (secondary N) is 1. The Balaban J connectivity index is 1.32. The van der Waals surface area contributed by atoms with E-state index in [1.807, 2.05) is 79.5 Å². The number of aromatic amines is 1. The van der Waals surface area contributed by atoms with Gasteiger partial charge in [-0.25, -0.2) is 4.79 Å². The van der Waals surface area contributed by atoms with Crippen molar-refractivity contribution in [3.63, 3.8) is 0 Å². The van der Waals surface area contributed by atoms with Gasteiger partial charge in [0.25, 0.3) is 5.91 Å². The lowest BCUT2D eigenvalue weighted by molar-refractivity contribution is -0.139. The molecule has 8 heteroatoms. The Labute approximate surface area is 233 Å². The standard InChI is InChI=1S/C32H34N2O6/c1-22(2)34(21-23-7-6-8-28(19-23)39-18-5-3-4-9-30(35)40-32(37)38)31(36)26-13-10-24(11-14-26)27-15-12-25-16-17-33-29(25)20-27/h6-8,10-17,19-20,22,33H,3-5,9,18,21H2,1-2H3,(H,37,38). The number of aromatic nitrogens is 1. The van der Waals surface area contributed by atoms with E-state index in [-0.39, 0.29) is 18.4 Å². The number of hydrogen-bond donors (Lipinski definition) is 2. The van der Waals surface area contributed by atoms with E-state index in [0.29, 0.717) is 37.3 Å². The monoisotopic (exact) mass is 542 g/mol. The van der Waals surface area contributed by atoms with Crippen molar-refractivity contribution in [3.05, 3.63) is 90.1 Å². The number of unbranched alkanes of at least 4 members (excludes halogenated alkanes) is 2. The molecule has 0 bridgehead atoms. The Hall–Kier alpha value is -4.59. The summed E-state index contributed by atoms with van der Waals surface area (Å²) in [7, 11) is 0. The van der Waals surface area contributed by atoms with Crippen LogP contribution in [0.2, 0.25) is 0 Å². The molecule has 2 N–H and O–H groups in total. The highest BCUT2D eigenvalue weighted by molar-refractivity contribution is 5.95. The molecule has 0 saturated heterocycles. The number of fused-ring (bicyclic) bond motifs is 1. The smallest absolute Gasteiger partial charge is 0.494 e. The lowest BCUT2D eigenvalue weighted by Crippen LogP contribution is -2.36. The summed E-state index contributed by atoms with van der Waals surface area (Å²) in [4.78, 5) is 40.2. The number of H-pyrrole nitrogens is 1. The first-order valence-electron chi connectivity index (χ1n) is 13.4. The Morgan fingerprint density at radius 3 is 2.42 bits per heavy atom. The first-order valence-corrected chi connectivity index (χ1v) is 13.4. The molecule has 0 fully saturated rings. The Bertz CT molecular complexity index is 1460. The van der Waals surface area contributed by atoms with Crippen LogP contribution in [0.25, 0.3) is 22.0 Å². The molecule has 4 aromatic rings. The van der Waals surface area contributed by atoms with Crippen molar-refractivity contribution < 1.29 is 29.0 Å². The van der Waals surface area contributed by atoms with E-state index >= 15 is 0 Å². The number of carbonyl (C=O) groups excluding carboxylic acids is 2. The molecule has 0 saturated carbocycles. The van der Waals surface area contributed by atoms with Crippen LogP contribution in [0, 0.1) is 0 Å². The van der Waals surface area contributed by atoms with E-state index in [4.69, 9.17) is 9.84 Å². The number of rotatable bonds is 12. The number of carboxylic acid groups (broad SMARTS) is 1. The van der Waals surface area contributed by atoms with Gasteiger partial charge in [0.15, 0.2) is 0 Å². The molecule has 1 amide bonds. The average Bonchev–Trinajstić information content (AvgIpc) is 3.41. The first-order chi connectivity index (χ1) is 19.3. The van der Waals surface area contributed by atoms with Crippen LogP contribution in [0.1, 0.15) is 55.5 Å². The number of hydrogen-bond acceptors (Lipinski definition) is 5. The van der Waals surface area contributed by atoms with Gasteiger partial charge in [0.05, 0.1) is 6.61 Å². The molecule has 4 rings (SSSR count). The van der Waals surface area contributed by atoms with Crippen LogP contribution in [0.3, 0.4) is 0 Å². The molecule has 0 atom stereocenters. The van der Waals surface area contributed by atoms with Crippen molar-refractivity contribution in [2.45, 2.75) is 52.1 Å². The van der Waals surface area contributed by atoms with Gasteiger partial charge in [-0.1, -0.05) is 36.4 Å². The molecule has 0 aliphatic rings. The average molecular weight is 543 g/mol. The van der Waals surface area contributed by atoms with Gasteiger partial charge in [-0.15, -0.1) is 0 Å². The fourth-order valence-corrected chi connectivity index (χ4v) is 4.50. The number of benzene rings is 3. The number of nitrogens with zero attached hydrogens (tertiary/aromatic N) is 1. The molecule has 0 spiro atoms. The molecule has 0 radical (unpaired) electrons. The van der Waals surface area contributed by atoms with Crippen LogP contribution >= 0.6 is 0 Å². The fourth-order valence-electron chi connectivity index (χ4n) is 4.50. The first kappa shape index (κ1) is 28.4. The van der Waals surface area contributed by atoms with Gasteiger partial charge in [-0.05, 0) is 91.6 Å². The molecule has 8 nitrogen and oxygen atoms in total. The molecular formula is C32H34N2O6. The van der Waals surface area contributed by atoms with Gasteiger partial charge in [0.2, 0.25) is 0 Å². The van der Waals surface area contributed by atoms with E-state index in [9.17, 15) is 14.4 Å². The third kappa shape index (κ3) is 7.72. The zero-order valence-corrected chi connectivity index (χ0v) is 22.8. The van der Waals surface area contributed by atoms with Crippen molar-refractivity contribution in [3.8, 4) is 16.9 Å². The van der Waals surface area contributed by atoms with Gasteiger partial charge in [0.1, 0.15) is 5.75 Å². The summed E-state index contributed by atoms with van der Waals surface area (Å²) in [5, 5.41) is 9.59. The maximum absolute atomic E-state index is 13.5. The van der Waals surface area contributed by atoms with Crippen LogP contribution in [-0.4, -0.2) is 45.7 Å². The molecule has 0 unspecified atom stereocenters. The molecular weight excluding hydrogens is 508 g/mol. The molecule has 1 heterocycles. The molecule has 3 aromatic carbocycles. The Morgan fingerprint density at radius 2 is 1.68 bits per heavy atom. The third-order valence-electron chi connectivity index (χ3n) is 6.65. The molecule has 0 aliphatic heterocycles. The second kappa shape index (κ2) is 13.5. The number of ether oxygens (including phenoxy) is 2. The number of esters is 1. The minimum Gasteiger partial charge on any atom is -0.494 e. The summed E-state index contributed by atoms with van der Waals surface area (Å²) >= 11 is 0. The van der Waals surface area contributed by atoms with Crippen LogP contribution in [0.4, 0.5) is 4.79 Å². The maximum atomic E-state index is 13.5. The number of carbonyl (C=O) groups is 3. The van der Waals surface area contributed by atoms with Crippen LogP contribution in [0.15, 0.2) is 79.0 Å². The van der Waals surface area contributed by atoms with E-state index in [0.717, 1.165) is 34.0 Å². The Morgan fingerprint density at radius 1 is 0.900 bits per heavy atom. The van der Waals surface area contributed by atoms with Crippen molar-refractivity contribution in [1.29, 1.82) is 0 Å². The zero-order chi connectivity index (χ0) is 28.5. The SMILES string of the molecule is CC(C)N(Cc1cccc(OCCCCCC(=O)OC(=O)O)c1)C(=O)c1ccc(-c2ccc3cc[nH]c3c2)cc1. The number of amides is 1. The van der Waals surface area contributed by atoms with Crippen LogP contribution in [0.5, 0.6) is 5.75 Å². The lowest BCUT2D eigenvalue weighted by Gasteiger charge is -2.27. The maximum Gasteiger partial charge on any atom is 0.513 e. The van der Waals surface area contributed by atoms with E-state index < -0.39 is 12.1 Å². The second-order valence-corrected chi connectivity index (χ2v) is 9.93. The predicted molar refractivity (Wildman–Crippen MR) is 153 cm³/mol. The van der Waals surface area contributed by atoms with Gasteiger partial charge in [-0.3, -0.25) is 9.59 Å². The highest BCUT2D eigenvalue weighted by Crippen LogP contribution is 2.25. The molecule has 40 heavy (non-hydrogen) atoms. The summed E-state index contributed by atoms with van der Waals surface area (Å²) in [6, 6.07) is 23.7. The van der Waals surface area contributed by atoms with Crippen molar-refractivity contribution in [2.75, 3.05) is 6.61 Å². The summed E-state index contributed by atoms with van der Waals surface area (Å²) in [6.45, 7) is 4.92. The van der Waals surface area contributed by atoms with Crippen molar-refractivity contribution >= 4 is 28.9 Å². The van der Waals surface area contributed by atoms with E-state index in [1.165, 1.54) is 0 Å². The van der Waals surface area contributed by atoms with Gasteiger partial charge in [0, 0.05) is 36.3 Å². The fraction of sp³-hybridized carbons (Fsp3) is 0.281. The minimum absolute atomic E-state index is 0.000136. The van der Waals surface area contributed by atoms with Crippen LogP contribution in [-0.2, 0) is 16.1 Å². The highest BCUT2D eigenvalue weighted by Gasteiger charge is 2.19. The second-order valence-electron chi connectivity index (χ2n) is 9.93. The minimum atomic E-state index is -1.58. The van der Waals surface area contributed by atoms with Gasteiger partial charge < -0.3 is 24.5 Å². The highest BCUT2D eigenvalue weighted by atomic mass is 16.7. The van der Waals surface area contributed by atoms with Gasteiger partial charge >= 0.3 is 12.1 Å². The third-order valence-corrected chi connectivity index (χ3v) is 6.65. The Kier molecular flexibility index (Phi) is 9.57. The van der Waals surface area contributed by atoms with Crippen molar-refractivity contribution in [2.24, 2.45) is 0 Å². The predicted octanol–water partition coefficient (Wildman–Crippen LogP) is 7.05. The normalized spacial score (nSPS) is 11.0. The summed E-state index contributed by atoms with van der Waals surface area (Å²) < 4.78 is 9.95. The van der Waals surface area contributed by atoms with Crippen molar-refractivity contribution in [1.82, 2.24) is 9.88 Å². The molecule has 208 valence electrons.